The molecule has 0 radical (unpaired) electrons. The van der Waals surface area contributed by atoms with Crippen LogP contribution in [0.5, 0.6) is 0 Å². The van der Waals surface area contributed by atoms with Crippen molar-refractivity contribution in [1.82, 2.24) is 9.80 Å². The molecule has 1 saturated heterocycles. The van der Waals surface area contributed by atoms with Crippen molar-refractivity contribution in [3.63, 3.8) is 0 Å². The molecular formula is C9H16N2O3. The Morgan fingerprint density at radius 1 is 1.50 bits per heavy atom. The van der Waals surface area contributed by atoms with Gasteiger partial charge in [0, 0.05) is 13.6 Å². The zero-order chi connectivity index (χ0) is 10.9. The minimum atomic E-state index is -0.448. The van der Waals surface area contributed by atoms with Gasteiger partial charge in [-0.1, -0.05) is 0 Å². The molecule has 80 valence electrons. The Labute approximate surface area is 83.3 Å². The number of amides is 3. The highest BCUT2D eigenvalue weighted by molar-refractivity contribution is 6.03. The molecule has 0 saturated carbocycles. The summed E-state index contributed by atoms with van der Waals surface area (Å²) in [6.07, 6.45) is 0.0491. The van der Waals surface area contributed by atoms with E-state index in [-0.39, 0.29) is 11.9 Å². The number of hydrogen-bond donors (Lipinski definition) is 1. The van der Waals surface area contributed by atoms with E-state index in [1.165, 1.54) is 11.9 Å². The molecule has 0 aromatic rings. The third-order valence-corrected chi connectivity index (χ3v) is 2.48. The van der Waals surface area contributed by atoms with Crippen LogP contribution in [0.15, 0.2) is 0 Å². The van der Waals surface area contributed by atoms with Gasteiger partial charge in [-0.3, -0.25) is 9.69 Å². The predicted octanol–water partition coefficient (Wildman–Crippen LogP) is 0.0398. The molecule has 0 aliphatic carbocycles. The summed E-state index contributed by atoms with van der Waals surface area (Å²) >= 11 is 0. The predicted molar refractivity (Wildman–Crippen MR) is 50.6 cm³/mol. The number of urea groups is 1. The third-order valence-electron chi connectivity index (χ3n) is 2.48. The standard InChI is InChI=1S/C9H16N2O3/c1-6(12)4-5-11-7(2)8(13)10(3)9(11)14/h6-7,12H,4-5H2,1-3H3. The van der Waals surface area contributed by atoms with Gasteiger partial charge in [-0.25, -0.2) is 4.79 Å². The molecule has 0 spiro atoms. The minimum absolute atomic E-state index is 0.180. The fraction of sp³-hybridized carbons (Fsp3) is 0.778. The van der Waals surface area contributed by atoms with Gasteiger partial charge < -0.3 is 10.0 Å². The summed E-state index contributed by atoms with van der Waals surface area (Å²) < 4.78 is 0. The van der Waals surface area contributed by atoms with E-state index in [1.807, 2.05) is 0 Å². The molecule has 5 heteroatoms. The van der Waals surface area contributed by atoms with Crippen molar-refractivity contribution in [2.45, 2.75) is 32.4 Å². The van der Waals surface area contributed by atoms with E-state index in [2.05, 4.69) is 0 Å². The van der Waals surface area contributed by atoms with Crippen LogP contribution in [0.1, 0.15) is 20.3 Å². The largest absolute Gasteiger partial charge is 0.393 e. The zero-order valence-corrected chi connectivity index (χ0v) is 8.73. The summed E-state index contributed by atoms with van der Waals surface area (Å²) in [7, 11) is 1.48. The van der Waals surface area contributed by atoms with Crippen LogP contribution < -0.4 is 0 Å². The topological polar surface area (TPSA) is 60.9 Å². The second kappa shape index (κ2) is 3.96. The van der Waals surface area contributed by atoms with Gasteiger partial charge in [0.1, 0.15) is 6.04 Å². The molecule has 14 heavy (non-hydrogen) atoms. The molecule has 1 aliphatic rings. The maximum absolute atomic E-state index is 11.5. The Balaban J connectivity index is 2.61. The van der Waals surface area contributed by atoms with Gasteiger partial charge in [0.05, 0.1) is 6.10 Å². The quantitative estimate of drug-likeness (QED) is 0.654. The van der Waals surface area contributed by atoms with Crippen molar-refractivity contribution >= 4 is 11.9 Å². The normalized spacial score (nSPS) is 24.7. The number of likely N-dealkylation sites (N-methyl/N-ethyl adjacent to an activating group) is 1. The summed E-state index contributed by atoms with van der Waals surface area (Å²) in [6.45, 7) is 3.79. The maximum Gasteiger partial charge on any atom is 0.327 e. The van der Waals surface area contributed by atoms with Crippen LogP contribution in [0.25, 0.3) is 0 Å². The van der Waals surface area contributed by atoms with Gasteiger partial charge in [0.2, 0.25) is 0 Å². The Hall–Kier alpha value is -1.10. The summed E-state index contributed by atoms with van der Waals surface area (Å²) in [5.41, 5.74) is 0. The second-order valence-corrected chi connectivity index (χ2v) is 3.69. The van der Waals surface area contributed by atoms with Gasteiger partial charge in [-0.15, -0.1) is 0 Å². The number of rotatable bonds is 3. The summed E-state index contributed by atoms with van der Waals surface area (Å²) in [5, 5.41) is 9.08. The Morgan fingerprint density at radius 3 is 2.43 bits per heavy atom. The van der Waals surface area contributed by atoms with Crippen molar-refractivity contribution in [3.05, 3.63) is 0 Å². The van der Waals surface area contributed by atoms with E-state index in [1.54, 1.807) is 13.8 Å². The molecule has 1 N–H and O–H groups in total. The van der Waals surface area contributed by atoms with Crippen LogP contribution in [-0.4, -0.2) is 52.6 Å². The monoisotopic (exact) mass is 200 g/mol. The maximum atomic E-state index is 11.5. The fourth-order valence-electron chi connectivity index (χ4n) is 1.48. The number of imide groups is 1. The molecule has 0 aromatic carbocycles. The van der Waals surface area contributed by atoms with E-state index >= 15 is 0 Å². The summed E-state index contributed by atoms with van der Waals surface area (Å²) in [5.74, 6) is -0.180. The van der Waals surface area contributed by atoms with Gasteiger partial charge in [-0.05, 0) is 20.3 Å². The first-order valence-electron chi connectivity index (χ1n) is 4.71. The SMILES string of the molecule is CC(O)CCN1C(=O)N(C)C(=O)C1C. The smallest absolute Gasteiger partial charge is 0.327 e. The van der Waals surface area contributed by atoms with Crippen LogP contribution in [0.2, 0.25) is 0 Å². The van der Waals surface area contributed by atoms with Gasteiger partial charge in [0.25, 0.3) is 5.91 Å². The third kappa shape index (κ3) is 1.87. The first-order valence-corrected chi connectivity index (χ1v) is 4.71. The Bertz CT molecular complexity index is 252. The number of carbonyl (C=O) groups excluding carboxylic acids is 2. The van der Waals surface area contributed by atoms with E-state index in [0.29, 0.717) is 13.0 Å². The van der Waals surface area contributed by atoms with Gasteiger partial charge in [0.15, 0.2) is 0 Å². The van der Waals surface area contributed by atoms with Gasteiger partial charge in [-0.2, -0.15) is 0 Å². The number of aliphatic hydroxyl groups is 1. The van der Waals surface area contributed by atoms with Crippen molar-refractivity contribution < 1.29 is 14.7 Å². The summed E-state index contributed by atoms with van der Waals surface area (Å²) in [4.78, 5) is 25.5. The lowest BCUT2D eigenvalue weighted by molar-refractivity contribution is -0.127. The van der Waals surface area contributed by atoms with Crippen LogP contribution in [0.4, 0.5) is 4.79 Å². The average Bonchev–Trinajstić information content (AvgIpc) is 2.29. The number of nitrogens with zero attached hydrogens (tertiary/aromatic N) is 2. The van der Waals surface area contributed by atoms with Crippen LogP contribution in [0.3, 0.4) is 0 Å². The van der Waals surface area contributed by atoms with Crippen LogP contribution in [0, 0.1) is 0 Å². The molecule has 1 rings (SSSR count). The van der Waals surface area contributed by atoms with Gasteiger partial charge >= 0.3 is 6.03 Å². The van der Waals surface area contributed by atoms with E-state index in [9.17, 15) is 9.59 Å². The van der Waals surface area contributed by atoms with Crippen molar-refractivity contribution in [2.24, 2.45) is 0 Å². The molecule has 0 bridgehead atoms. The number of carbonyl (C=O) groups is 2. The highest BCUT2D eigenvalue weighted by Crippen LogP contribution is 2.15. The molecule has 3 amide bonds. The van der Waals surface area contributed by atoms with E-state index < -0.39 is 12.1 Å². The van der Waals surface area contributed by atoms with Crippen molar-refractivity contribution in [1.29, 1.82) is 0 Å². The van der Waals surface area contributed by atoms with Crippen LogP contribution >= 0.6 is 0 Å². The lowest BCUT2D eigenvalue weighted by Crippen LogP contribution is -2.35. The first kappa shape index (κ1) is 11.0. The highest BCUT2D eigenvalue weighted by atomic mass is 16.3. The minimum Gasteiger partial charge on any atom is -0.393 e. The molecule has 2 atom stereocenters. The lowest BCUT2D eigenvalue weighted by atomic mass is 10.2. The fourth-order valence-corrected chi connectivity index (χ4v) is 1.48. The van der Waals surface area contributed by atoms with E-state index in [0.717, 1.165) is 4.90 Å². The van der Waals surface area contributed by atoms with Crippen molar-refractivity contribution in [3.8, 4) is 0 Å². The molecule has 5 nitrogen and oxygen atoms in total. The lowest BCUT2D eigenvalue weighted by Gasteiger charge is -2.19. The number of hydrogen-bond acceptors (Lipinski definition) is 3. The first-order chi connectivity index (χ1) is 6.45. The van der Waals surface area contributed by atoms with E-state index in [4.69, 9.17) is 5.11 Å². The highest BCUT2D eigenvalue weighted by Gasteiger charge is 2.39. The second-order valence-electron chi connectivity index (χ2n) is 3.69. The molecular weight excluding hydrogens is 184 g/mol. The Kier molecular flexibility index (Phi) is 3.10. The molecule has 0 aromatic heterocycles. The Morgan fingerprint density at radius 2 is 2.07 bits per heavy atom. The van der Waals surface area contributed by atoms with Crippen molar-refractivity contribution in [2.75, 3.05) is 13.6 Å². The molecule has 2 unspecified atom stereocenters. The van der Waals surface area contributed by atoms with Crippen LogP contribution in [-0.2, 0) is 4.79 Å². The molecule has 1 aliphatic heterocycles. The summed E-state index contributed by atoms with van der Waals surface area (Å²) in [6, 6.07) is -0.672. The molecule has 1 fully saturated rings. The molecule has 1 heterocycles. The number of aliphatic hydroxyl groups excluding tert-OH is 1. The average molecular weight is 200 g/mol. The zero-order valence-electron chi connectivity index (χ0n) is 8.73.